The second-order valence-corrected chi connectivity index (χ2v) is 4.13. The van der Waals surface area contributed by atoms with Crippen molar-refractivity contribution in [2.75, 3.05) is 0 Å². The largest absolute Gasteiger partial charge is 0.416 e. The van der Waals surface area contributed by atoms with E-state index in [0.717, 1.165) is 12.1 Å². The quantitative estimate of drug-likeness (QED) is 0.776. The molecule has 2 nitrogen and oxygen atoms in total. The van der Waals surface area contributed by atoms with Gasteiger partial charge in [0.25, 0.3) is 0 Å². The van der Waals surface area contributed by atoms with Gasteiger partial charge < -0.3 is 0 Å². The number of halogens is 3. The maximum atomic E-state index is 12.7. The van der Waals surface area contributed by atoms with Crippen LogP contribution in [0.1, 0.15) is 27.2 Å². The summed E-state index contributed by atoms with van der Waals surface area (Å²) in [5, 5.41) is 0. The monoisotopic (exact) mass is 265 g/mol. The van der Waals surface area contributed by atoms with Crippen LogP contribution in [0.15, 0.2) is 42.6 Å². The van der Waals surface area contributed by atoms with Crippen molar-refractivity contribution in [1.82, 2.24) is 4.98 Å². The molecular formula is C14H10F3NO. The Bertz CT molecular complexity index is 606. The number of benzene rings is 1. The number of hydrogen-bond acceptors (Lipinski definition) is 2. The number of aryl methyl sites for hydroxylation is 1. The minimum absolute atomic E-state index is 0.00831. The predicted molar refractivity (Wildman–Crippen MR) is 63.9 cm³/mol. The highest BCUT2D eigenvalue weighted by molar-refractivity contribution is 6.07. The zero-order valence-corrected chi connectivity index (χ0v) is 10.0. The number of hydrogen-bond donors (Lipinski definition) is 0. The Morgan fingerprint density at radius 1 is 1.16 bits per heavy atom. The number of pyridine rings is 1. The summed E-state index contributed by atoms with van der Waals surface area (Å²) in [5.41, 5.74) is -0.326. The van der Waals surface area contributed by atoms with E-state index in [9.17, 15) is 18.0 Å². The van der Waals surface area contributed by atoms with Crippen molar-refractivity contribution < 1.29 is 18.0 Å². The van der Waals surface area contributed by atoms with Gasteiger partial charge in [-0.15, -0.1) is 0 Å². The Hall–Kier alpha value is -2.17. The first-order valence-electron chi connectivity index (χ1n) is 5.52. The van der Waals surface area contributed by atoms with Crippen molar-refractivity contribution in [1.29, 1.82) is 0 Å². The van der Waals surface area contributed by atoms with E-state index in [0.29, 0.717) is 5.56 Å². The molecule has 5 heteroatoms. The zero-order chi connectivity index (χ0) is 14.0. The summed E-state index contributed by atoms with van der Waals surface area (Å²) in [7, 11) is 0. The Labute approximate surface area is 107 Å². The Kier molecular flexibility index (Phi) is 3.38. The third-order valence-corrected chi connectivity index (χ3v) is 2.56. The van der Waals surface area contributed by atoms with Gasteiger partial charge in [-0.1, -0.05) is 6.07 Å². The standard InChI is InChI=1S/C14H10F3NO/c1-9-6-10(8-11(7-9)14(15,16)17)13(19)12-4-2-3-5-18-12/h2-8H,1H3. The highest BCUT2D eigenvalue weighted by Crippen LogP contribution is 2.30. The molecule has 0 fully saturated rings. The second-order valence-electron chi connectivity index (χ2n) is 4.13. The Balaban J connectivity index is 2.46. The van der Waals surface area contributed by atoms with Gasteiger partial charge in [0, 0.05) is 11.8 Å². The lowest BCUT2D eigenvalue weighted by Crippen LogP contribution is -2.09. The summed E-state index contributed by atoms with van der Waals surface area (Å²) in [6.45, 7) is 1.52. The van der Waals surface area contributed by atoms with Crippen LogP contribution in [0, 0.1) is 6.92 Å². The third kappa shape index (κ3) is 2.99. The first-order chi connectivity index (χ1) is 8.88. The minimum Gasteiger partial charge on any atom is -0.287 e. The van der Waals surface area contributed by atoms with E-state index in [-0.39, 0.29) is 11.3 Å². The average molecular weight is 265 g/mol. The van der Waals surface area contributed by atoms with E-state index >= 15 is 0 Å². The van der Waals surface area contributed by atoms with Gasteiger partial charge in [-0.2, -0.15) is 13.2 Å². The number of alkyl halides is 3. The van der Waals surface area contributed by atoms with Crippen molar-refractivity contribution in [2.24, 2.45) is 0 Å². The first kappa shape index (κ1) is 13.3. The molecule has 0 amide bonds. The van der Waals surface area contributed by atoms with Crippen molar-refractivity contribution in [2.45, 2.75) is 13.1 Å². The summed E-state index contributed by atoms with van der Waals surface area (Å²) in [4.78, 5) is 15.9. The molecule has 0 N–H and O–H groups in total. The van der Waals surface area contributed by atoms with E-state index in [1.54, 1.807) is 12.1 Å². The van der Waals surface area contributed by atoms with Crippen molar-refractivity contribution in [3.05, 3.63) is 65.0 Å². The van der Waals surface area contributed by atoms with Gasteiger partial charge in [0.15, 0.2) is 0 Å². The number of nitrogens with zero attached hydrogens (tertiary/aromatic N) is 1. The number of rotatable bonds is 2. The maximum absolute atomic E-state index is 12.7. The summed E-state index contributed by atoms with van der Waals surface area (Å²) in [6.07, 6.45) is -3.04. The molecule has 0 aliphatic carbocycles. The summed E-state index contributed by atoms with van der Waals surface area (Å²) >= 11 is 0. The lowest BCUT2D eigenvalue weighted by Gasteiger charge is -2.09. The van der Waals surface area contributed by atoms with Crippen LogP contribution in [0.5, 0.6) is 0 Å². The number of carbonyl (C=O) groups is 1. The van der Waals surface area contributed by atoms with Crippen LogP contribution in [0.2, 0.25) is 0 Å². The maximum Gasteiger partial charge on any atom is 0.416 e. The first-order valence-corrected chi connectivity index (χ1v) is 5.52. The highest BCUT2D eigenvalue weighted by atomic mass is 19.4. The van der Waals surface area contributed by atoms with E-state index < -0.39 is 17.5 Å². The van der Waals surface area contributed by atoms with Gasteiger partial charge >= 0.3 is 6.18 Å². The van der Waals surface area contributed by atoms with E-state index in [1.807, 2.05) is 0 Å². The fourth-order valence-corrected chi connectivity index (χ4v) is 1.72. The molecule has 0 bridgehead atoms. The Morgan fingerprint density at radius 3 is 2.47 bits per heavy atom. The van der Waals surface area contributed by atoms with Crippen LogP contribution in [0.4, 0.5) is 13.2 Å². The van der Waals surface area contributed by atoms with Gasteiger partial charge in [0.2, 0.25) is 5.78 Å². The second kappa shape index (κ2) is 4.84. The summed E-state index contributed by atoms with van der Waals surface area (Å²) in [5.74, 6) is -0.519. The van der Waals surface area contributed by atoms with Gasteiger partial charge in [0.1, 0.15) is 5.69 Å². The molecule has 2 rings (SSSR count). The molecule has 0 spiro atoms. The molecule has 2 aromatic rings. The molecule has 0 radical (unpaired) electrons. The van der Waals surface area contributed by atoms with Crippen LogP contribution in [-0.4, -0.2) is 10.8 Å². The van der Waals surface area contributed by atoms with Gasteiger partial charge in [0.05, 0.1) is 5.56 Å². The fraction of sp³-hybridized carbons (Fsp3) is 0.143. The number of aromatic nitrogens is 1. The van der Waals surface area contributed by atoms with Crippen LogP contribution < -0.4 is 0 Å². The van der Waals surface area contributed by atoms with Crippen molar-refractivity contribution in [3.8, 4) is 0 Å². The van der Waals surface area contributed by atoms with E-state index in [1.165, 1.54) is 25.3 Å². The molecule has 0 saturated carbocycles. The molecular weight excluding hydrogens is 255 g/mol. The van der Waals surface area contributed by atoms with Gasteiger partial charge in [-0.05, 0) is 42.8 Å². The van der Waals surface area contributed by atoms with Crippen LogP contribution >= 0.6 is 0 Å². The van der Waals surface area contributed by atoms with Crippen LogP contribution in [-0.2, 0) is 6.18 Å². The third-order valence-electron chi connectivity index (χ3n) is 2.56. The molecule has 0 aliphatic rings. The number of carbonyl (C=O) groups excluding carboxylic acids is 1. The highest BCUT2D eigenvalue weighted by Gasteiger charge is 2.31. The Morgan fingerprint density at radius 2 is 1.89 bits per heavy atom. The van der Waals surface area contributed by atoms with Gasteiger partial charge in [-0.25, -0.2) is 0 Å². The molecule has 19 heavy (non-hydrogen) atoms. The molecule has 1 aromatic heterocycles. The molecule has 0 unspecified atom stereocenters. The predicted octanol–water partition coefficient (Wildman–Crippen LogP) is 3.64. The van der Waals surface area contributed by atoms with E-state index in [4.69, 9.17) is 0 Å². The van der Waals surface area contributed by atoms with E-state index in [2.05, 4.69) is 4.98 Å². The normalized spacial score (nSPS) is 11.4. The zero-order valence-electron chi connectivity index (χ0n) is 10.0. The van der Waals surface area contributed by atoms with Gasteiger partial charge in [-0.3, -0.25) is 9.78 Å². The average Bonchev–Trinajstić information content (AvgIpc) is 2.37. The van der Waals surface area contributed by atoms with Crippen molar-refractivity contribution >= 4 is 5.78 Å². The van der Waals surface area contributed by atoms with Crippen molar-refractivity contribution in [3.63, 3.8) is 0 Å². The molecule has 1 aromatic carbocycles. The lowest BCUT2D eigenvalue weighted by molar-refractivity contribution is -0.137. The number of ketones is 1. The topological polar surface area (TPSA) is 30.0 Å². The molecule has 0 aliphatic heterocycles. The summed E-state index contributed by atoms with van der Waals surface area (Å²) < 4.78 is 38.1. The molecule has 1 heterocycles. The molecule has 0 atom stereocenters. The minimum atomic E-state index is -4.47. The molecule has 0 saturated heterocycles. The van der Waals surface area contributed by atoms with Crippen LogP contribution in [0.3, 0.4) is 0 Å². The smallest absolute Gasteiger partial charge is 0.287 e. The summed E-state index contributed by atoms with van der Waals surface area (Å²) in [6, 6.07) is 8.00. The molecule has 98 valence electrons. The fourth-order valence-electron chi connectivity index (χ4n) is 1.72. The SMILES string of the molecule is Cc1cc(C(=O)c2ccccn2)cc(C(F)(F)F)c1. The lowest BCUT2D eigenvalue weighted by atomic mass is 10.0. The van der Waals surface area contributed by atoms with Crippen LogP contribution in [0.25, 0.3) is 0 Å².